The van der Waals surface area contributed by atoms with Crippen LogP contribution in [0.4, 0.5) is 5.69 Å². The van der Waals surface area contributed by atoms with Crippen molar-refractivity contribution in [2.24, 2.45) is 11.8 Å². The van der Waals surface area contributed by atoms with Crippen molar-refractivity contribution in [2.45, 2.75) is 44.6 Å². The number of aromatic nitrogens is 2. The molecule has 0 spiro atoms. The molecule has 3 N–H and O–H groups in total. The number of H-pyrrole nitrogens is 2. The van der Waals surface area contributed by atoms with Crippen molar-refractivity contribution in [1.82, 2.24) is 9.97 Å². The topological polar surface area (TPSA) is 60.7 Å². The van der Waals surface area contributed by atoms with Crippen LogP contribution in [-0.4, -0.2) is 16.0 Å². The number of hydrogen-bond acceptors (Lipinski definition) is 2. The van der Waals surface area contributed by atoms with Crippen molar-refractivity contribution in [2.75, 3.05) is 5.32 Å². The molecule has 0 bridgehead atoms. The molecule has 106 valence electrons. The highest BCUT2D eigenvalue weighted by molar-refractivity contribution is 5.78. The number of aromatic amines is 2. The van der Waals surface area contributed by atoms with Gasteiger partial charge < -0.3 is 15.3 Å². The Morgan fingerprint density at radius 3 is 2.70 bits per heavy atom. The molecule has 1 heterocycles. The maximum Gasteiger partial charge on any atom is 0.323 e. The summed E-state index contributed by atoms with van der Waals surface area (Å²) in [6.07, 6.45) is 8.26. The smallest absolute Gasteiger partial charge is 0.323 e. The lowest BCUT2D eigenvalue weighted by atomic mass is 9.82. The van der Waals surface area contributed by atoms with Gasteiger partial charge in [0, 0.05) is 11.7 Å². The van der Waals surface area contributed by atoms with Crippen molar-refractivity contribution in [3.63, 3.8) is 0 Å². The Hall–Kier alpha value is -1.71. The van der Waals surface area contributed by atoms with Crippen LogP contribution in [-0.2, 0) is 0 Å². The van der Waals surface area contributed by atoms with E-state index in [1.54, 1.807) is 0 Å². The fourth-order valence-corrected chi connectivity index (χ4v) is 3.71. The molecular weight excluding hydrogens is 250 g/mol. The quantitative estimate of drug-likeness (QED) is 0.802. The van der Waals surface area contributed by atoms with E-state index >= 15 is 0 Å². The van der Waals surface area contributed by atoms with Crippen molar-refractivity contribution in [1.29, 1.82) is 0 Å². The van der Waals surface area contributed by atoms with Crippen LogP contribution < -0.4 is 11.0 Å². The average Bonchev–Trinajstić information content (AvgIpc) is 3.21. The molecule has 2 atom stereocenters. The van der Waals surface area contributed by atoms with Gasteiger partial charge in [0.25, 0.3) is 0 Å². The number of hydrogen-bond donors (Lipinski definition) is 3. The van der Waals surface area contributed by atoms with E-state index in [2.05, 4.69) is 21.4 Å². The van der Waals surface area contributed by atoms with Crippen LogP contribution in [0, 0.1) is 11.8 Å². The molecule has 0 aliphatic heterocycles. The van der Waals surface area contributed by atoms with Crippen molar-refractivity contribution < 1.29 is 0 Å². The van der Waals surface area contributed by atoms with Gasteiger partial charge in [-0.15, -0.1) is 0 Å². The highest BCUT2D eigenvalue weighted by Crippen LogP contribution is 2.44. The Morgan fingerprint density at radius 2 is 1.85 bits per heavy atom. The highest BCUT2D eigenvalue weighted by Gasteiger charge is 2.34. The SMILES string of the molecule is O=c1[nH]c2ccc(NC3CCCC(C4CC4)C3)cc2[nH]1. The zero-order valence-corrected chi connectivity index (χ0v) is 11.6. The van der Waals surface area contributed by atoms with E-state index in [0.29, 0.717) is 6.04 Å². The van der Waals surface area contributed by atoms with Gasteiger partial charge in [-0.1, -0.05) is 12.8 Å². The average molecular weight is 271 g/mol. The van der Waals surface area contributed by atoms with E-state index in [0.717, 1.165) is 28.6 Å². The molecule has 20 heavy (non-hydrogen) atoms. The molecule has 2 unspecified atom stereocenters. The van der Waals surface area contributed by atoms with Gasteiger partial charge in [-0.25, -0.2) is 4.79 Å². The first kappa shape index (κ1) is 12.1. The summed E-state index contributed by atoms with van der Waals surface area (Å²) in [6.45, 7) is 0. The van der Waals surface area contributed by atoms with Crippen LogP contribution in [0.3, 0.4) is 0 Å². The Bertz CT molecular complexity index is 668. The van der Waals surface area contributed by atoms with E-state index in [-0.39, 0.29) is 5.69 Å². The Kier molecular flexibility index (Phi) is 2.83. The summed E-state index contributed by atoms with van der Waals surface area (Å²) in [5.41, 5.74) is 2.74. The van der Waals surface area contributed by atoms with Gasteiger partial charge in [0.1, 0.15) is 0 Å². The summed E-state index contributed by atoms with van der Waals surface area (Å²) in [6, 6.07) is 6.66. The van der Waals surface area contributed by atoms with E-state index in [9.17, 15) is 4.79 Å². The minimum absolute atomic E-state index is 0.136. The lowest BCUT2D eigenvalue weighted by molar-refractivity contribution is 0.303. The largest absolute Gasteiger partial charge is 0.382 e. The second kappa shape index (κ2) is 4.69. The molecule has 4 heteroatoms. The third-order valence-electron chi connectivity index (χ3n) is 4.89. The van der Waals surface area contributed by atoms with Crippen molar-refractivity contribution >= 4 is 16.7 Å². The van der Waals surface area contributed by atoms with E-state index < -0.39 is 0 Å². The van der Waals surface area contributed by atoms with Crippen LogP contribution in [0.25, 0.3) is 11.0 Å². The minimum Gasteiger partial charge on any atom is -0.382 e. The Labute approximate surface area is 118 Å². The third kappa shape index (κ3) is 2.35. The molecule has 2 saturated carbocycles. The number of benzene rings is 1. The molecule has 2 aromatic rings. The second-order valence-electron chi connectivity index (χ2n) is 6.44. The summed E-state index contributed by atoms with van der Waals surface area (Å²) >= 11 is 0. The van der Waals surface area contributed by atoms with Crippen LogP contribution >= 0.6 is 0 Å². The Balaban J connectivity index is 1.49. The second-order valence-corrected chi connectivity index (χ2v) is 6.44. The van der Waals surface area contributed by atoms with Crippen LogP contribution in [0.2, 0.25) is 0 Å². The molecule has 4 rings (SSSR count). The molecule has 2 fully saturated rings. The molecule has 0 saturated heterocycles. The van der Waals surface area contributed by atoms with E-state index in [1.165, 1.54) is 38.5 Å². The summed E-state index contributed by atoms with van der Waals surface area (Å²) < 4.78 is 0. The van der Waals surface area contributed by atoms with Crippen molar-refractivity contribution in [3.8, 4) is 0 Å². The molecule has 1 aromatic carbocycles. The Morgan fingerprint density at radius 1 is 1.00 bits per heavy atom. The first-order chi connectivity index (χ1) is 9.78. The predicted molar refractivity (Wildman–Crippen MR) is 81.0 cm³/mol. The number of fused-ring (bicyclic) bond motifs is 1. The summed E-state index contributed by atoms with van der Waals surface area (Å²) in [4.78, 5) is 16.9. The maximum absolute atomic E-state index is 11.3. The van der Waals surface area contributed by atoms with Gasteiger partial charge in [-0.2, -0.15) is 0 Å². The molecule has 2 aliphatic carbocycles. The molecule has 0 amide bonds. The molecule has 4 nitrogen and oxygen atoms in total. The first-order valence-electron chi connectivity index (χ1n) is 7.76. The van der Waals surface area contributed by atoms with Crippen LogP contribution in [0.5, 0.6) is 0 Å². The fourth-order valence-electron chi connectivity index (χ4n) is 3.71. The van der Waals surface area contributed by atoms with Crippen molar-refractivity contribution in [3.05, 3.63) is 28.7 Å². The summed E-state index contributed by atoms with van der Waals surface area (Å²) in [7, 11) is 0. The highest BCUT2D eigenvalue weighted by atomic mass is 16.1. The van der Waals surface area contributed by atoms with Crippen LogP contribution in [0.1, 0.15) is 38.5 Å². The van der Waals surface area contributed by atoms with E-state index in [1.807, 2.05) is 12.1 Å². The number of rotatable bonds is 3. The molecular formula is C16H21N3O. The minimum atomic E-state index is -0.136. The number of imidazole rings is 1. The number of anilines is 1. The summed E-state index contributed by atoms with van der Waals surface area (Å²) in [5.74, 6) is 1.96. The van der Waals surface area contributed by atoms with E-state index in [4.69, 9.17) is 0 Å². The lowest BCUT2D eigenvalue weighted by Crippen LogP contribution is -2.28. The fraction of sp³-hybridized carbons (Fsp3) is 0.562. The predicted octanol–water partition coefficient (Wildman–Crippen LogP) is 3.24. The first-order valence-corrected chi connectivity index (χ1v) is 7.76. The molecule has 0 radical (unpaired) electrons. The zero-order valence-electron chi connectivity index (χ0n) is 11.6. The molecule has 1 aromatic heterocycles. The van der Waals surface area contributed by atoms with Gasteiger partial charge >= 0.3 is 5.69 Å². The maximum atomic E-state index is 11.3. The zero-order chi connectivity index (χ0) is 13.5. The van der Waals surface area contributed by atoms with Gasteiger partial charge in [0.15, 0.2) is 0 Å². The number of nitrogens with one attached hydrogen (secondary N) is 3. The summed E-state index contributed by atoms with van der Waals surface area (Å²) in [5, 5.41) is 3.66. The monoisotopic (exact) mass is 271 g/mol. The van der Waals surface area contributed by atoms with Gasteiger partial charge in [0.2, 0.25) is 0 Å². The third-order valence-corrected chi connectivity index (χ3v) is 4.89. The van der Waals surface area contributed by atoms with Gasteiger partial charge in [-0.05, 0) is 55.7 Å². The normalized spacial score (nSPS) is 26.8. The molecule has 2 aliphatic rings. The van der Waals surface area contributed by atoms with Gasteiger partial charge in [-0.3, -0.25) is 0 Å². The van der Waals surface area contributed by atoms with Crippen LogP contribution in [0.15, 0.2) is 23.0 Å². The van der Waals surface area contributed by atoms with Gasteiger partial charge in [0.05, 0.1) is 11.0 Å². The standard InChI is InChI=1S/C16H21N3O/c20-16-18-14-7-6-13(9-15(14)19-16)17-12-3-1-2-11(8-12)10-4-5-10/h6-7,9-12,17H,1-5,8H2,(H2,18,19,20). The lowest BCUT2D eigenvalue weighted by Gasteiger charge is -2.30.